The molecule has 0 unspecified atom stereocenters. The van der Waals surface area contributed by atoms with Crippen LogP contribution >= 0.6 is 24.0 Å². The van der Waals surface area contributed by atoms with Gasteiger partial charge in [-0.15, -0.1) is 24.0 Å². The number of benzene rings is 2. The highest BCUT2D eigenvalue weighted by atomic mass is 127. The van der Waals surface area contributed by atoms with Gasteiger partial charge in [0, 0.05) is 71.0 Å². The fraction of sp³-hybridized carbons (Fsp3) is 0.458. The van der Waals surface area contributed by atoms with Gasteiger partial charge in [-0.3, -0.25) is 14.8 Å². The fourth-order valence-electron chi connectivity index (χ4n) is 3.74. The van der Waals surface area contributed by atoms with Crippen LogP contribution in [0, 0.1) is 0 Å². The number of methoxy groups -OCH3 is 2. The van der Waals surface area contributed by atoms with Crippen LogP contribution in [0.3, 0.4) is 0 Å². The number of rotatable bonds is 9. The quantitative estimate of drug-likeness (QED) is 0.283. The van der Waals surface area contributed by atoms with E-state index in [1.165, 1.54) is 5.56 Å². The summed E-state index contributed by atoms with van der Waals surface area (Å²) in [5.74, 6) is 2.38. The second kappa shape index (κ2) is 14.2. The summed E-state index contributed by atoms with van der Waals surface area (Å²) < 4.78 is 10.7. The molecule has 176 valence electrons. The Labute approximate surface area is 209 Å². The predicted octanol–water partition coefficient (Wildman–Crippen LogP) is 2.80. The zero-order valence-electron chi connectivity index (χ0n) is 19.3. The van der Waals surface area contributed by atoms with Gasteiger partial charge in [0.1, 0.15) is 11.5 Å². The molecule has 32 heavy (non-hydrogen) atoms. The topological polar surface area (TPSA) is 61.4 Å². The van der Waals surface area contributed by atoms with Gasteiger partial charge in [0.2, 0.25) is 0 Å². The van der Waals surface area contributed by atoms with Crippen LogP contribution in [0.1, 0.15) is 11.1 Å². The Morgan fingerprint density at radius 3 is 2.31 bits per heavy atom. The second-order valence-electron chi connectivity index (χ2n) is 7.63. The highest BCUT2D eigenvalue weighted by Gasteiger charge is 2.16. The molecule has 1 heterocycles. The number of nitrogens with zero attached hydrogens (tertiary/aromatic N) is 3. The monoisotopic (exact) mass is 553 g/mol. The van der Waals surface area contributed by atoms with Gasteiger partial charge in [-0.25, -0.2) is 0 Å². The van der Waals surface area contributed by atoms with Crippen LogP contribution in [0.5, 0.6) is 11.5 Å². The van der Waals surface area contributed by atoms with Crippen LogP contribution in [0.2, 0.25) is 0 Å². The summed E-state index contributed by atoms with van der Waals surface area (Å²) in [6.07, 6.45) is 0. The van der Waals surface area contributed by atoms with E-state index in [4.69, 9.17) is 9.47 Å². The summed E-state index contributed by atoms with van der Waals surface area (Å²) in [6.45, 7) is 7.96. The normalized spacial score (nSPS) is 15.0. The Hall–Kier alpha value is -2.04. The lowest BCUT2D eigenvalue weighted by molar-refractivity contribution is 0.129. The maximum Gasteiger partial charge on any atom is 0.191 e. The molecule has 0 aliphatic carbocycles. The molecule has 7 nitrogen and oxygen atoms in total. The average molecular weight is 553 g/mol. The van der Waals surface area contributed by atoms with Crippen molar-refractivity contribution in [2.24, 2.45) is 4.99 Å². The number of halogens is 1. The van der Waals surface area contributed by atoms with Gasteiger partial charge in [0.05, 0.1) is 14.2 Å². The van der Waals surface area contributed by atoms with E-state index >= 15 is 0 Å². The zero-order valence-corrected chi connectivity index (χ0v) is 21.7. The van der Waals surface area contributed by atoms with Crippen LogP contribution in [0.15, 0.2) is 53.5 Å². The first-order chi connectivity index (χ1) is 15.2. The molecule has 2 aromatic rings. The molecule has 0 saturated carbocycles. The molecular weight excluding hydrogens is 517 g/mol. The maximum atomic E-state index is 5.47. The molecule has 0 spiro atoms. The smallest absolute Gasteiger partial charge is 0.191 e. The highest BCUT2D eigenvalue weighted by molar-refractivity contribution is 14.0. The van der Waals surface area contributed by atoms with Crippen molar-refractivity contribution < 1.29 is 9.47 Å². The summed E-state index contributed by atoms with van der Waals surface area (Å²) in [5.41, 5.74) is 2.45. The van der Waals surface area contributed by atoms with Crippen molar-refractivity contribution in [2.45, 2.75) is 13.1 Å². The van der Waals surface area contributed by atoms with Crippen LogP contribution in [0.4, 0.5) is 0 Å². The van der Waals surface area contributed by atoms with Gasteiger partial charge in [-0.05, 0) is 17.7 Å². The average Bonchev–Trinajstić information content (AvgIpc) is 2.83. The molecule has 1 aliphatic rings. The van der Waals surface area contributed by atoms with E-state index in [-0.39, 0.29) is 24.0 Å². The minimum atomic E-state index is 0. The minimum Gasteiger partial charge on any atom is -0.497 e. The van der Waals surface area contributed by atoms with Crippen LogP contribution < -0.4 is 20.1 Å². The Morgan fingerprint density at radius 2 is 1.66 bits per heavy atom. The van der Waals surface area contributed by atoms with Crippen molar-refractivity contribution in [1.82, 2.24) is 20.4 Å². The Balaban J connectivity index is 0.00000363. The van der Waals surface area contributed by atoms with Gasteiger partial charge in [0.15, 0.2) is 5.96 Å². The van der Waals surface area contributed by atoms with Crippen molar-refractivity contribution in [1.29, 1.82) is 0 Å². The van der Waals surface area contributed by atoms with Crippen molar-refractivity contribution in [3.63, 3.8) is 0 Å². The Morgan fingerprint density at radius 1 is 0.938 bits per heavy atom. The summed E-state index contributed by atoms with van der Waals surface area (Å²) in [5, 5.41) is 6.78. The van der Waals surface area contributed by atoms with E-state index in [9.17, 15) is 0 Å². The summed E-state index contributed by atoms with van der Waals surface area (Å²) in [6, 6.07) is 16.5. The third-order valence-corrected chi connectivity index (χ3v) is 5.60. The van der Waals surface area contributed by atoms with E-state index in [1.807, 2.05) is 18.2 Å². The van der Waals surface area contributed by atoms with Gasteiger partial charge in [-0.2, -0.15) is 0 Å². The van der Waals surface area contributed by atoms with E-state index in [1.54, 1.807) is 21.3 Å². The molecule has 3 rings (SSSR count). The lowest BCUT2D eigenvalue weighted by Gasteiger charge is -2.34. The standard InChI is InChI=1S/C24H35N5O2.HI/c1-25-24(27-18-21-9-10-22(30-2)17-23(21)31-3)26-11-12-28-13-15-29(16-14-28)19-20-7-5-4-6-8-20;/h4-10,17H,11-16,18-19H2,1-3H3,(H2,25,26,27);1H. The maximum absolute atomic E-state index is 5.47. The first kappa shape index (κ1) is 26.2. The van der Waals surface area contributed by atoms with Crippen LogP contribution in [-0.4, -0.2) is 76.3 Å². The first-order valence-electron chi connectivity index (χ1n) is 10.9. The van der Waals surface area contributed by atoms with E-state index in [0.717, 1.165) is 68.8 Å². The first-order valence-corrected chi connectivity index (χ1v) is 10.9. The second-order valence-corrected chi connectivity index (χ2v) is 7.63. The highest BCUT2D eigenvalue weighted by Crippen LogP contribution is 2.24. The molecule has 0 aromatic heterocycles. The largest absolute Gasteiger partial charge is 0.497 e. The molecule has 2 N–H and O–H groups in total. The Kier molecular flexibility index (Phi) is 11.6. The lowest BCUT2D eigenvalue weighted by atomic mass is 10.2. The van der Waals surface area contributed by atoms with E-state index < -0.39 is 0 Å². The molecular formula is C24H36IN5O2. The third kappa shape index (κ3) is 8.14. The summed E-state index contributed by atoms with van der Waals surface area (Å²) in [7, 11) is 5.12. The van der Waals surface area contributed by atoms with E-state index in [2.05, 4.69) is 55.8 Å². The predicted molar refractivity (Wildman–Crippen MR) is 141 cm³/mol. The summed E-state index contributed by atoms with van der Waals surface area (Å²) in [4.78, 5) is 9.37. The number of guanidine groups is 1. The van der Waals surface area contributed by atoms with Crippen LogP contribution in [-0.2, 0) is 13.1 Å². The molecule has 1 saturated heterocycles. The molecule has 0 atom stereocenters. The van der Waals surface area contributed by atoms with Gasteiger partial charge in [-0.1, -0.05) is 30.3 Å². The number of piperazine rings is 1. The van der Waals surface area contributed by atoms with Gasteiger partial charge >= 0.3 is 0 Å². The molecule has 0 bridgehead atoms. The molecule has 1 fully saturated rings. The van der Waals surface area contributed by atoms with E-state index in [0.29, 0.717) is 6.54 Å². The van der Waals surface area contributed by atoms with Gasteiger partial charge in [0.25, 0.3) is 0 Å². The molecule has 0 radical (unpaired) electrons. The lowest BCUT2D eigenvalue weighted by Crippen LogP contribution is -2.48. The molecule has 2 aromatic carbocycles. The van der Waals surface area contributed by atoms with Crippen molar-refractivity contribution in [2.75, 3.05) is 60.5 Å². The van der Waals surface area contributed by atoms with Gasteiger partial charge < -0.3 is 20.1 Å². The molecule has 1 aliphatic heterocycles. The van der Waals surface area contributed by atoms with Crippen molar-refractivity contribution >= 4 is 29.9 Å². The van der Waals surface area contributed by atoms with Crippen molar-refractivity contribution in [3.8, 4) is 11.5 Å². The minimum absolute atomic E-state index is 0. The number of hydrogen-bond acceptors (Lipinski definition) is 5. The number of aliphatic imine (C=N–C) groups is 1. The number of hydrogen-bond donors (Lipinski definition) is 2. The fourth-order valence-corrected chi connectivity index (χ4v) is 3.74. The SMILES string of the molecule is CN=C(NCCN1CCN(Cc2ccccc2)CC1)NCc1ccc(OC)cc1OC.I. The number of nitrogens with one attached hydrogen (secondary N) is 2. The number of ether oxygens (including phenoxy) is 2. The summed E-state index contributed by atoms with van der Waals surface area (Å²) >= 11 is 0. The Bertz CT molecular complexity index is 826. The zero-order chi connectivity index (χ0) is 21.9. The molecule has 8 heteroatoms. The van der Waals surface area contributed by atoms with Crippen molar-refractivity contribution in [3.05, 3.63) is 59.7 Å². The van der Waals surface area contributed by atoms with Crippen LogP contribution in [0.25, 0.3) is 0 Å². The third-order valence-electron chi connectivity index (χ3n) is 5.60. The molecule has 0 amide bonds.